The van der Waals surface area contributed by atoms with Crippen molar-refractivity contribution >= 4 is 23.4 Å². The van der Waals surface area contributed by atoms with Crippen LogP contribution in [0.3, 0.4) is 0 Å². The third kappa shape index (κ3) is 4.08. The van der Waals surface area contributed by atoms with Gasteiger partial charge in [-0.05, 0) is 37.3 Å². The molecule has 0 saturated heterocycles. The average Bonchev–Trinajstić information content (AvgIpc) is 3.08. The maximum absolute atomic E-state index is 12.2. The van der Waals surface area contributed by atoms with Gasteiger partial charge in [-0.15, -0.1) is 0 Å². The molecule has 1 amide bonds. The second-order valence-corrected chi connectivity index (χ2v) is 5.94. The fourth-order valence-electron chi connectivity index (χ4n) is 2.54. The summed E-state index contributed by atoms with van der Waals surface area (Å²) in [6.07, 6.45) is 3.23. The first-order chi connectivity index (χ1) is 12.6. The van der Waals surface area contributed by atoms with E-state index in [4.69, 9.17) is 14.2 Å². The van der Waals surface area contributed by atoms with Gasteiger partial charge < -0.3 is 24.4 Å². The standard InChI is InChI=1S/C20H22N2O4/c1-4-24-18-12-16(22(2)3)8-5-14(18)6-10-20(23)21-15-7-9-17-19(11-15)26-13-25-17/h5-12H,4,13H2,1-3H3,(H,21,23). The van der Waals surface area contributed by atoms with Crippen molar-refractivity contribution in [3.8, 4) is 17.2 Å². The van der Waals surface area contributed by atoms with Gasteiger partial charge in [0.05, 0.1) is 6.61 Å². The van der Waals surface area contributed by atoms with Crippen LogP contribution in [0.1, 0.15) is 12.5 Å². The third-order valence-corrected chi connectivity index (χ3v) is 3.87. The first-order valence-corrected chi connectivity index (χ1v) is 8.39. The van der Waals surface area contributed by atoms with Crippen molar-refractivity contribution in [3.63, 3.8) is 0 Å². The number of hydrogen-bond donors (Lipinski definition) is 1. The Morgan fingerprint density at radius 3 is 2.77 bits per heavy atom. The second kappa shape index (κ2) is 7.82. The summed E-state index contributed by atoms with van der Waals surface area (Å²) in [5, 5.41) is 2.81. The highest BCUT2D eigenvalue weighted by Crippen LogP contribution is 2.34. The number of anilines is 2. The molecule has 0 radical (unpaired) electrons. The number of nitrogens with zero attached hydrogens (tertiary/aromatic N) is 1. The van der Waals surface area contributed by atoms with E-state index in [0.29, 0.717) is 23.8 Å². The Balaban J connectivity index is 1.71. The molecule has 0 saturated carbocycles. The smallest absolute Gasteiger partial charge is 0.248 e. The topological polar surface area (TPSA) is 60.0 Å². The van der Waals surface area contributed by atoms with Gasteiger partial charge in [-0.3, -0.25) is 4.79 Å². The Bertz CT molecular complexity index is 831. The Morgan fingerprint density at radius 1 is 1.19 bits per heavy atom. The summed E-state index contributed by atoms with van der Waals surface area (Å²) < 4.78 is 16.3. The first-order valence-electron chi connectivity index (χ1n) is 8.39. The number of rotatable bonds is 6. The molecule has 2 aromatic carbocycles. The van der Waals surface area contributed by atoms with Crippen LogP contribution in [0.5, 0.6) is 17.2 Å². The molecule has 1 heterocycles. The number of carbonyl (C=O) groups is 1. The number of carbonyl (C=O) groups excluding carboxylic acids is 1. The monoisotopic (exact) mass is 354 g/mol. The SMILES string of the molecule is CCOc1cc(N(C)C)ccc1C=CC(=O)Nc1ccc2c(c1)OCO2. The van der Waals surface area contributed by atoms with Crippen LogP contribution < -0.4 is 24.4 Å². The lowest BCUT2D eigenvalue weighted by atomic mass is 10.1. The molecular weight excluding hydrogens is 332 g/mol. The largest absolute Gasteiger partial charge is 0.493 e. The van der Waals surface area contributed by atoms with E-state index in [0.717, 1.165) is 17.0 Å². The van der Waals surface area contributed by atoms with E-state index in [1.54, 1.807) is 24.3 Å². The van der Waals surface area contributed by atoms with Crippen LogP contribution >= 0.6 is 0 Å². The summed E-state index contributed by atoms with van der Waals surface area (Å²) in [5.41, 5.74) is 2.53. The van der Waals surface area contributed by atoms with Crippen molar-refractivity contribution in [2.45, 2.75) is 6.92 Å². The highest BCUT2D eigenvalue weighted by molar-refractivity contribution is 6.02. The second-order valence-electron chi connectivity index (χ2n) is 5.94. The van der Waals surface area contributed by atoms with Crippen molar-refractivity contribution in [2.24, 2.45) is 0 Å². The lowest BCUT2D eigenvalue weighted by molar-refractivity contribution is -0.111. The molecule has 1 N–H and O–H groups in total. The highest BCUT2D eigenvalue weighted by atomic mass is 16.7. The zero-order valence-electron chi connectivity index (χ0n) is 15.1. The lowest BCUT2D eigenvalue weighted by Crippen LogP contribution is -2.09. The maximum atomic E-state index is 12.2. The van der Waals surface area contributed by atoms with Gasteiger partial charge in [0, 0.05) is 49.2 Å². The van der Waals surface area contributed by atoms with Crippen molar-refractivity contribution in [1.82, 2.24) is 0 Å². The molecule has 0 spiro atoms. The molecule has 1 aliphatic heterocycles. The molecule has 0 unspecified atom stereocenters. The van der Waals surface area contributed by atoms with Gasteiger partial charge in [-0.2, -0.15) is 0 Å². The predicted molar refractivity (Wildman–Crippen MR) is 102 cm³/mol. The van der Waals surface area contributed by atoms with Crippen molar-refractivity contribution in [2.75, 3.05) is 37.7 Å². The molecule has 0 atom stereocenters. The van der Waals surface area contributed by atoms with Gasteiger partial charge in [-0.25, -0.2) is 0 Å². The van der Waals surface area contributed by atoms with Crippen LogP contribution in [-0.2, 0) is 4.79 Å². The van der Waals surface area contributed by atoms with E-state index in [-0.39, 0.29) is 12.7 Å². The molecule has 136 valence electrons. The zero-order valence-corrected chi connectivity index (χ0v) is 15.1. The van der Waals surface area contributed by atoms with Gasteiger partial charge in [0.25, 0.3) is 0 Å². The van der Waals surface area contributed by atoms with Crippen LogP contribution in [-0.4, -0.2) is 33.4 Å². The molecule has 1 aliphatic rings. The minimum Gasteiger partial charge on any atom is -0.493 e. The average molecular weight is 354 g/mol. The van der Waals surface area contributed by atoms with Crippen molar-refractivity contribution < 1.29 is 19.0 Å². The van der Waals surface area contributed by atoms with Gasteiger partial charge >= 0.3 is 0 Å². The van der Waals surface area contributed by atoms with Gasteiger partial charge in [0.1, 0.15) is 5.75 Å². The van der Waals surface area contributed by atoms with Crippen molar-refractivity contribution in [1.29, 1.82) is 0 Å². The minimum atomic E-state index is -0.233. The quantitative estimate of drug-likeness (QED) is 0.804. The number of nitrogens with one attached hydrogen (secondary N) is 1. The van der Waals surface area contributed by atoms with Gasteiger partial charge in [0.15, 0.2) is 11.5 Å². The molecule has 3 rings (SSSR count). The van der Waals surface area contributed by atoms with E-state index in [2.05, 4.69) is 5.32 Å². The number of amides is 1. The van der Waals surface area contributed by atoms with E-state index in [1.165, 1.54) is 6.08 Å². The van der Waals surface area contributed by atoms with Crippen LogP contribution in [0.4, 0.5) is 11.4 Å². The van der Waals surface area contributed by atoms with E-state index >= 15 is 0 Å². The normalized spacial score (nSPS) is 12.3. The molecule has 26 heavy (non-hydrogen) atoms. The maximum Gasteiger partial charge on any atom is 0.248 e. The van der Waals surface area contributed by atoms with Crippen molar-refractivity contribution in [3.05, 3.63) is 48.0 Å². The zero-order chi connectivity index (χ0) is 18.5. The fraction of sp³-hybridized carbons (Fsp3) is 0.250. The lowest BCUT2D eigenvalue weighted by Gasteiger charge is -2.15. The van der Waals surface area contributed by atoms with E-state index in [1.807, 2.05) is 44.1 Å². The predicted octanol–water partition coefficient (Wildman–Crippen LogP) is 3.53. The number of hydrogen-bond acceptors (Lipinski definition) is 5. The summed E-state index contributed by atoms with van der Waals surface area (Å²) in [6.45, 7) is 2.69. The molecule has 0 bridgehead atoms. The Hall–Kier alpha value is -3.15. The number of benzene rings is 2. The first kappa shape index (κ1) is 17.7. The molecule has 6 heteroatoms. The third-order valence-electron chi connectivity index (χ3n) is 3.87. The summed E-state index contributed by atoms with van der Waals surface area (Å²) in [5.74, 6) is 1.82. The molecule has 0 aromatic heterocycles. The minimum absolute atomic E-state index is 0.204. The summed E-state index contributed by atoms with van der Waals surface area (Å²) in [6, 6.07) is 11.2. The number of fused-ring (bicyclic) bond motifs is 1. The van der Waals surface area contributed by atoms with Gasteiger partial charge in [-0.1, -0.05) is 0 Å². The summed E-state index contributed by atoms with van der Waals surface area (Å²) in [4.78, 5) is 14.2. The molecule has 0 aliphatic carbocycles. The molecule has 0 fully saturated rings. The van der Waals surface area contributed by atoms with Gasteiger partial charge in [0.2, 0.25) is 12.7 Å². The van der Waals surface area contributed by atoms with Crippen LogP contribution in [0.2, 0.25) is 0 Å². The Morgan fingerprint density at radius 2 is 2.00 bits per heavy atom. The van der Waals surface area contributed by atoms with Crippen LogP contribution in [0.25, 0.3) is 6.08 Å². The fourth-order valence-corrected chi connectivity index (χ4v) is 2.54. The van der Waals surface area contributed by atoms with Crippen LogP contribution in [0.15, 0.2) is 42.5 Å². The summed E-state index contributed by atoms with van der Waals surface area (Å²) in [7, 11) is 3.94. The van der Waals surface area contributed by atoms with Crippen LogP contribution in [0, 0.1) is 0 Å². The molecular formula is C20H22N2O4. The Labute approximate surface area is 153 Å². The molecule has 6 nitrogen and oxygen atoms in total. The summed E-state index contributed by atoms with van der Waals surface area (Å²) >= 11 is 0. The Kier molecular flexibility index (Phi) is 5.31. The number of ether oxygens (including phenoxy) is 3. The van der Waals surface area contributed by atoms with E-state index in [9.17, 15) is 4.79 Å². The highest BCUT2D eigenvalue weighted by Gasteiger charge is 2.13. The van der Waals surface area contributed by atoms with E-state index < -0.39 is 0 Å². The molecule has 2 aromatic rings.